The van der Waals surface area contributed by atoms with Crippen LogP contribution in [-0.2, 0) is 4.79 Å². The van der Waals surface area contributed by atoms with Crippen LogP contribution in [0.25, 0.3) is 0 Å². The Morgan fingerprint density at radius 1 is 1.35 bits per heavy atom. The number of rotatable bonds is 6. The molecule has 1 amide bonds. The summed E-state index contributed by atoms with van der Waals surface area (Å²) < 4.78 is 0. The molecule has 4 heteroatoms. The first-order valence-electron chi connectivity index (χ1n) is 6.00. The highest BCUT2D eigenvalue weighted by molar-refractivity contribution is 7.99. The Morgan fingerprint density at radius 2 is 2.12 bits per heavy atom. The second-order valence-electron chi connectivity index (χ2n) is 4.24. The average Bonchev–Trinajstić information content (AvgIpc) is 2.28. The summed E-state index contributed by atoms with van der Waals surface area (Å²) in [7, 11) is 0. The molecule has 1 heterocycles. The van der Waals surface area contributed by atoms with E-state index in [0.717, 1.165) is 25.4 Å². The van der Waals surface area contributed by atoms with Crippen LogP contribution in [0.3, 0.4) is 0 Å². The van der Waals surface area contributed by atoms with Gasteiger partial charge in [-0.3, -0.25) is 4.79 Å². The molecule has 0 radical (unpaired) electrons. The summed E-state index contributed by atoms with van der Waals surface area (Å²) in [6, 6.07) is 10.2. The van der Waals surface area contributed by atoms with Crippen molar-refractivity contribution in [3.05, 3.63) is 30.3 Å². The van der Waals surface area contributed by atoms with Crippen molar-refractivity contribution in [2.24, 2.45) is 5.92 Å². The molecule has 1 aromatic rings. The molecule has 0 bridgehead atoms. The van der Waals surface area contributed by atoms with Crippen LogP contribution in [0.15, 0.2) is 35.2 Å². The largest absolute Gasteiger partial charge is 0.356 e. The van der Waals surface area contributed by atoms with Gasteiger partial charge in [0.1, 0.15) is 0 Å². The maximum Gasteiger partial charge on any atom is 0.220 e. The molecule has 0 unspecified atom stereocenters. The van der Waals surface area contributed by atoms with Crippen LogP contribution in [0.5, 0.6) is 0 Å². The third kappa shape index (κ3) is 4.40. The second-order valence-corrected chi connectivity index (χ2v) is 5.41. The molecule has 1 aromatic carbocycles. The van der Waals surface area contributed by atoms with Gasteiger partial charge in [0.25, 0.3) is 0 Å². The minimum absolute atomic E-state index is 0.167. The van der Waals surface area contributed by atoms with Gasteiger partial charge in [0.2, 0.25) is 5.91 Å². The standard InChI is InChI=1S/C13H18N2OS/c16-13(15-10-11-8-14-9-11)6-7-17-12-4-2-1-3-5-12/h1-5,11,14H,6-10H2,(H,15,16). The van der Waals surface area contributed by atoms with Crippen LogP contribution in [0.1, 0.15) is 6.42 Å². The van der Waals surface area contributed by atoms with E-state index < -0.39 is 0 Å². The molecule has 2 rings (SSSR count). The zero-order valence-electron chi connectivity index (χ0n) is 9.82. The lowest BCUT2D eigenvalue weighted by Gasteiger charge is -2.27. The first-order valence-corrected chi connectivity index (χ1v) is 6.98. The van der Waals surface area contributed by atoms with Gasteiger partial charge in [-0.2, -0.15) is 0 Å². The molecular formula is C13H18N2OS. The molecule has 0 saturated carbocycles. The van der Waals surface area contributed by atoms with E-state index in [4.69, 9.17) is 0 Å². The van der Waals surface area contributed by atoms with Crippen LogP contribution >= 0.6 is 11.8 Å². The first kappa shape index (κ1) is 12.5. The van der Waals surface area contributed by atoms with Gasteiger partial charge in [0.15, 0.2) is 0 Å². The number of amides is 1. The molecule has 2 N–H and O–H groups in total. The molecule has 1 saturated heterocycles. The van der Waals surface area contributed by atoms with Gasteiger partial charge >= 0.3 is 0 Å². The van der Waals surface area contributed by atoms with Gasteiger partial charge in [-0.15, -0.1) is 11.8 Å². The Hall–Kier alpha value is -1.00. The fourth-order valence-electron chi connectivity index (χ4n) is 1.62. The predicted molar refractivity (Wildman–Crippen MR) is 71.2 cm³/mol. The number of nitrogens with one attached hydrogen (secondary N) is 2. The number of benzene rings is 1. The van der Waals surface area contributed by atoms with Crippen LogP contribution in [0.4, 0.5) is 0 Å². The Labute approximate surface area is 106 Å². The maximum atomic E-state index is 11.5. The molecule has 17 heavy (non-hydrogen) atoms. The number of carbonyl (C=O) groups excluding carboxylic acids is 1. The summed E-state index contributed by atoms with van der Waals surface area (Å²) in [6.45, 7) is 2.90. The fourth-order valence-corrected chi connectivity index (χ4v) is 2.49. The molecule has 3 nitrogen and oxygen atoms in total. The van der Waals surface area contributed by atoms with Gasteiger partial charge in [-0.1, -0.05) is 18.2 Å². The lowest BCUT2D eigenvalue weighted by molar-refractivity contribution is -0.120. The van der Waals surface area contributed by atoms with Gasteiger partial charge in [-0.05, 0) is 12.1 Å². The van der Waals surface area contributed by atoms with Crippen molar-refractivity contribution in [1.82, 2.24) is 10.6 Å². The Bertz CT molecular complexity index is 352. The SMILES string of the molecule is O=C(CCSc1ccccc1)NCC1CNC1. The van der Waals surface area contributed by atoms with Crippen molar-refractivity contribution < 1.29 is 4.79 Å². The Kier molecular flexibility index (Phi) is 4.88. The van der Waals surface area contributed by atoms with E-state index in [-0.39, 0.29) is 5.91 Å². The smallest absolute Gasteiger partial charge is 0.220 e. The highest BCUT2D eigenvalue weighted by Crippen LogP contribution is 2.17. The van der Waals surface area contributed by atoms with E-state index in [0.29, 0.717) is 12.3 Å². The van der Waals surface area contributed by atoms with E-state index in [1.807, 2.05) is 18.2 Å². The third-order valence-electron chi connectivity index (χ3n) is 2.79. The summed E-state index contributed by atoms with van der Waals surface area (Å²) in [5.74, 6) is 1.65. The molecule has 0 aromatic heterocycles. The minimum Gasteiger partial charge on any atom is -0.356 e. The Balaban J connectivity index is 1.56. The van der Waals surface area contributed by atoms with Gasteiger partial charge < -0.3 is 10.6 Å². The van der Waals surface area contributed by atoms with Gasteiger partial charge in [0, 0.05) is 42.6 Å². The molecule has 1 aliphatic rings. The molecule has 0 atom stereocenters. The van der Waals surface area contributed by atoms with E-state index in [1.54, 1.807) is 11.8 Å². The predicted octanol–water partition coefficient (Wildman–Crippen LogP) is 1.50. The van der Waals surface area contributed by atoms with Crippen LogP contribution in [0, 0.1) is 5.92 Å². The van der Waals surface area contributed by atoms with Crippen LogP contribution in [-0.4, -0.2) is 31.3 Å². The molecule has 0 aliphatic carbocycles. The zero-order chi connectivity index (χ0) is 11.9. The van der Waals surface area contributed by atoms with Crippen LogP contribution in [0.2, 0.25) is 0 Å². The average molecular weight is 250 g/mol. The Morgan fingerprint density at radius 3 is 2.76 bits per heavy atom. The number of hydrogen-bond acceptors (Lipinski definition) is 3. The van der Waals surface area contributed by atoms with Crippen molar-refractivity contribution in [2.45, 2.75) is 11.3 Å². The first-order chi connectivity index (χ1) is 8.34. The monoisotopic (exact) mass is 250 g/mol. The summed E-state index contributed by atoms with van der Waals surface area (Å²) in [5.41, 5.74) is 0. The molecular weight excluding hydrogens is 232 g/mol. The van der Waals surface area contributed by atoms with Crippen molar-refractivity contribution in [3.63, 3.8) is 0 Å². The van der Waals surface area contributed by atoms with Gasteiger partial charge in [0.05, 0.1) is 0 Å². The fraction of sp³-hybridized carbons (Fsp3) is 0.462. The summed E-state index contributed by atoms with van der Waals surface area (Å²) in [6.07, 6.45) is 0.597. The van der Waals surface area contributed by atoms with E-state index in [1.165, 1.54) is 4.90 Å². The topological polar surface area (TPSA) is 41.1 Å². The zero-order valence-corrected chi connectivity index (χ0v) is 10.6. The van der Waals surface area contributed by atoms with E-state index in [9.17, 15) is 4.79 Å². The van der Waals surface area contributed by atoms with E-state index in [2.05, 4.69) is 22.8 Å². The highest BCUT2D eigenvalue weighted by atomic mass is 32.2. The normalized spacial score (nSPS) is 15.3. The van der Waals surface area contributed by atoms with Crippen molar-refractivity contribution in [1.29, 1.82) is 0 Å². The molecule has 1 aliphatic heterocycles. The highest BCUT2D eigenvalue weighted by Gasteiger charge is 2.16. The van der Waals surface area contributed by atoms with Crippen molar-refractivity contribution in [3.8, 4) is 0 Å². The third-order valence-corrected chi connectivity index (χ3v) is 3.81. The molecule has 0 spiro atoms. The second kappa shape index (κ2) is 6.67. The summed E-state index contributed by atoms with van der Waals surface area (Å²) >= 11 is 1.73. The lowest BCUT2D eigenvalue weighted by atomic mass is 10.0. The molecule has 92 valence electrons. The van der Waals surface area contributed by atoms with Crippen LogP contribution < -0.4 is 10.6 Å². The minimum atomic E-state index is 0.167. The quantitative estimate of drug-likeness (QED) is 0.752. The number of thioether (sulfide) groups is 1. The molecule has 1 fully saturated rings. The number of carbonyl (C=O) groups is 1. The van der Waals surface area contributed by atoms with Crippen molar-refractivity contribution >= 4 is 17.7 Å². The number of hydrogen-bond donors (Lipinski definition) is 2. The summed E-state index contributed by atoms with van der Waals surface area (Å²) in [5, 5.41) is 6.17. The van der Waals surface area contributed by atoms with E-state index >= 15 is 0 Å². The summed E-state index contributed by atoms with van der Waals surface area (Å²) in [4.78, 5) is 12.8. The van der Waals surface area contributed by atoms with Gasteiger partial charge in [-0.25, -0.2) is 0 Å². The lowest BCUT2D eigenvalue weighted by Crippen LogP contribution is -2.48. The van der Waals surface area contributed by atoms with Crippen molar-refractivity contribution in [2.75, 3.05) is 25.4 Å². The maximum absolute atomic E-state index is 11.5.